The lowest BCUT2D eigenvalue weighted by Gasteiger charge is -2.36. The van der Waals surface area contributed by atoms with Gasteiger partial charge >= 0.3 is 0 Å². The molecule has 0 atom stereocenters. The molecule has 0 saturated carbocycles. The Morgan fingerprint density at radius 3 is 1.53 bits per heavy atom. The summed E-state index contributed by atoms with van der Waals surface area (Å²) in [5, 5.41) is 0. The van der Waals surface area contributed by atoms with Crippen molar-refractivity contribution in [2.45, 2.75) is 86.7 Å². The molecule has 0 aromatic heterocycles. The van der Waals surface area contributed by atoms with E-state index in [0.29, 0.717) is 10.8 Å². The van der Waals surface area contributed by atoms with Crippen LogP contribution >= 0.6 is 0 Å². The lowest BCUT2D eigenvalue weighted by Crippen LogP contribution is -2.32. The second-order valence-corrected chi connectivity index (χ2v) is 7.67. The van der Waals surface area contributed by atoms with Crippen LogP contribution in [0.1, 0.15) is 81.1 Å². The average molecular weight is 242 g/mol. The van der Waals surface area contributed by atoms with Crippen LogP contribution in [0.2, 0.25) is 0 Å². The van der Waals surface area contributed by atoms with Crippen LogP contribution in [0.25, 0.3) is 0 Å². The van der Waals surface area contributed by atoms with Gasteiger partial charge in [0.15, 0.2) is 0 Å². The highest BCUT2D eigenvalue weighted by Crippen LogP contribution is 2.37. The lowest BCUT2D eigenvalue weighted by molar-refractivity contribution is -0.0602. The molecule has 0 aliphatic heterocycles. The molecule has 0 aromatic rings. The third-order valence-corrected chi connectivity index (χ3v) is 3.72. The number of ether oxygens (including phenoxy) is 1. The third-order valence-electron chi connectivity index (χ3n) is 3.72. The van der Waals surface area contributed by atoms with Gasteiger partial charge in [-0.1, -0.05) is 34.6 Å². The first kappa shape index (κ1) is 17.0. The zero-order valence-electron chi connectivity index (χ0n) is 13.4. The van der Waals surface area contributed by atoms with Crippen LogP contribution in [-0.4, -0.2) is 12.2 Å². The topological polar surface area (TPSA) is 9.23 Å². The molecule has 0 heterocycles. The Morgan fingerprint density at radius 1 is 0.765 bits per heavy atom. The van der Waals surface area contributed by atoms with Gasteiger partial charge < -0.3 is 4.74 Å². The third kappa shape index (κ3) is 7.81. The van der Waals surface area contributed by atoms with E-state index in [2.05, 4.69) is 55.4 Å². The highest BCUT2D eigenvalue weighted by Gasteiger charge is 2.30. The van der Waals surface area contributed by atoms with Crippen molar-refractivity contribution in [3.05, 3.63) is 0 Å². The summed E-state index contributed by atoms with van der Waals surface area (Å²) in [6.45, 7) is 18.9. The molecule has 0 saturated heterocycles. The fraction of sp³-hybridized carbons (Fsp3) is 1.00. The molecule has 0 radical (unpaired) electrons. The first-order valence-corrected chi connectivity index (χ1v) is 7.17. The molecule has 0 rings (SSSR count). The quantitative estimate of drug-likeness (QED) is 0.603. The van der Waals surface area contributed by atoms with Crippen LogP contribution in [0.3, 0.4) is 0 Å². The average Bonchev–Trinajstić information content (AvgIpc) is 2.16. The van der Waals surface area contributed by atoms with Gasteiger partial charge in [-0.3, -0.25) is 0 Å². The van der Waals surface area contributed by atoms with Crippen molar-refractivity contribution in [3.8, 4) is 0 Å². The predicted octanol–water partition coefficient (Wildman–Crippen LogP) is 5.43. The molecular formula is C16H34O. The Bertz CT molecular complexity index is 181. The fourth-order valence-corrected chi connectivity index (χ4v) is 1.89. The highest BCUT2D eigenvalue weighted by molar-refractivity contribution is 4.80. The van der Waals surface area contributed by atoms with Crippen LogP contribution in [-0.2, 0) is 4.74 Å². The van der Waals surface area contributed by atoms with E-state index in [-0.39, 0.29) is 5.60 Å². The van der Waals surface area contributed by atoms with E-state index in [1.165, 1.54) is 25.7 Å². The van der Waals surface area contributed by atoms with Gasteiger partial charge in [-0.2, -0.15) is 0 Å². The van der Waals surface area contributed by atoms with Crippen molar-refractivity contribution in [2.24, 2.45) is 10.8 Å². The van der Waals surface area contributed by atoms with Gasteiger partial charge in [0.2, 0.25) is 0 Å². The molecule has 0 spiro atoms. The van der Waals surface area contributed by atoms with Gasteiger partial charge in [-0.25, -0.2) is 0 Å². The maximum Gasteiger partial charge on any atom is 0.0598 e. The normalized spacial score (nSPS) is 14.1. The van der Waals surface area contributed by atoms with Crippen molar-refractivity contribution in [3.63, 3.8) is 0 Å². The Balaban J connectivity index is 4.46. The zero-order valence-corrected chi connectivity index (χ0v) is 13.4. The molecule has 0 aliphatic rings. The Labute approximate surface area is 109 Å². The van der Waals surface area contributed by atoms with E-state index < -0.39 is 0 Å². The second kappa shape index (κ2) is 6.22. The zero-order chi connectivity index (χ0) is 13.7. The van der Waals surface area contributed by atoms with Crippen molar-refractivity contribution in [1.82, 2.24) is 0 Å². The molecule has 1 heteroatoms. The molecule has 0 fully saturated rings. The predicted molar refractivity (Wildman–Crippen MR) is 77.4 cm³/mol. The van der Waals surface area contributed by atoms with E-state index >= 15 is 0 Å². The molecular weight excluding hydrogens is 208 g/mol. The maximum absolute atomic E-state index is 6.04. The smallest absolute Gasteiger partial charge is 0.0598 e. The summed E-state index contributed by atoms with van der Waals surface area (Å²) >= 11 is 0. The first-order chi connectivity index (χ1) is 7.54. The molecule has 17 heavy (non-hydrogen) atoms. The number of rotatable bonds is 6. The summed E-state index contributed by atoms with van der Waals surface area (Å²) in [7, 11) is 0. The molecule has 0 unspecified atom stereocenters. The molecule has 0 aliphatic carbocycles. The van der Waals surface area contributed by atoms with Crippen LogP contribution in [0, 0.1) is 10.8 Å². The monoisotopic (exact) mass is 242 g/mol. The Hall–Kier alpha value is -0.0400. The van der Waals surface area contributed by atoms with Gasteiger partial charge in [-0.05, 0) is 57.3 Å². The van der Waals surface area contributed by atoms with Crippen LogP contribution in [0.5, 0.6) is 0 Å². The molecule has 104 valence electrons. The van der Waals surface area contributed by atoms with Crippen LogP contribution in [0.4, 0.5) is 0 Å². The standard InChI is InChI=1S/C16H34O/c1-9-16(10-2,12-11-14(3,4)5)13-17-15(6,7)8/h9-13H2,1-8H3. The van der Waals surface area contributed by atoms with Gasteiger partial charge in [0.1, 0.15) is 0 Å². The molecule has 0 aromatic carbocycles. The van der Waals surface area contributed by atoms with E-state index in [0.717, 1.165) is 6.61 Å². The molecule has 0 N–H and O–H groups in total. The minimum Gasteiger partial charge on any atom is -0.375 e. The minimum absolute atomic E-state index is 0.0165. The van der Waals surface area contributed by atoms with Crippen molar-refractivity contribution < 1.29 is 4.74 Å². The van der Waals surface area contributed by atoms with Crippen molar-refractivity contribution in [1.29, 1.82) is 0 Å². The summed E-state index contributed by atoms with van der Waals surface area (Å²) in [4.78, 5) is 0. The fourth-order valence-electron chi connectivity index (χ4n) is 1.89. The second-order valence-electron chi connectivity index (χ2n) is 7.67. The van der Waals surface area contributed by atoms with E-state index in [1.807, 2.05) is 0 Å². The highest BCUT2D eigenvalue weighted by atomic mass is 16.5. The van der Waals surface area contributed by atoms with Gasteiger partial charge in [-0.15, -0.1) is 0 Å². The summed E-state index contributed by atoms with van der Waals surface area (Å²) in [6, 6.07) is 0. The van der Waals surface area contributed by atoms with Crippen molar-refractivity contribution >= 4 is 0 Å². The molecule has 1 nitrogen and oxygen atoms in total. The summed E-state index contributed by atoms with van der Waals surface area (Å²) in [5.41, 5.74) is 0.787. The van der Waals surface area contributed by atoms with Gasteiger partial charge in [0, 0.05) is 0 Å². The lowest BCUT2D eigenvalue weighted by atomic mass is 9.74. The number of hydrogen-bond acceptors (Lipinski definition) is 1. The first-order valence-electron chi connectivity index (χ1n) is 7.17. The largest absolute Gasteiger partial charge is 0.375 e. The minimum atomic E-state index is -0.0165. The van der Waals surface area contributed by atoms with E-state index in [1.54, 1.807) is 0 Å². The summed E-state index contributed by atoms with van der Waals surface area (Å²) in [5.74, 6) is 0. The molecule has 0 bridgehead atoms. The Morgan fingerprint density at radius 2 is 1.24 bits per heavy atom. The summed E-state index contributed by atoms with van der Waals surface area (Å²) in [6.07, 6.45) is 4.99. The van der Waals surface area contributed by atoms with Crippen LogP contribution < -0.4 is 0 Å². The van der Waals surface area contributed by atoms with Crippen molar-refractivity contribution in [2.75, 3.05) is 6.61 Å². The van der Waals surface area contributed by atoms with E-state index in [9.17, 15) is 0 Å². The number of hydrogen-bond donors (Lipinski definition) is 0. The summed E-state index contributed by atoms with van der Waals surface area (Å²) < 4.78 is 6.04. The van der Waals surface area contributed by atoms with E-state index in [4.69, 9.17) is 4.74 Å². The Kier molecular flexibility index (Phi) is 6.21. The van der Waals surface area contributed by atoms with Crippen LogP contribution in [0.15, 0.2) is 0 Å². The van der Waals surface area contributed by atoms with Gasteiger partial charge in [0.05, 0.1) is 12.2 Å². The SMILES string of the molecule is CCC(CC)(CCC(C)(C)C)COC(C)(C)C. The maximum atomic E-state index is 6.04. The molecule has 0 amide bonds. The van der Waals surface area contributed by atoms with Gasteiger partial charge in [0.25, 0.3) is 0 Å².